The van der Waals surface area contributed by atoms with Gasteiger partial charge in [0.05, 0.1) is 6.20 Å². The summed E-state index contributed by atoms with van der Waals surface area (Å²) >= 11 is 0. The molecule has 0 atom stereocenters. The predicted molar refractivity (Wildman–Crippen MR) is 68.9 cm³/mol. The minimum atomic E-state index is -0.982. The van der Waals surface area contributed by atoms with Crippen molar-refractivity contribution in [3.63, 3.8) is 0 Å². The van der Waals surface area contributed by atoms with Crippen LogP contribution in [0.15, 0.2) is 30.5 Å². The van der Waals surface area contributed by atoms with Crippen molar-refractivity contribution >= 4 is 5.97 Å². The van der Waals surface area contributed by atoms with Gasteiger partial charge in [-0.3, -0.25) is 0 Å². The van der Waals surface area contributed by atoms with E-state index in [0.29, 0.717) is 18.2 Å². The Morgan fingerprint density at radius 1 is 1.33 bits per heavy atom. The number of carbonyl (C=O) groups is 1. The Labute approximate surface area is 106 Å². The van der Waals surface area contributed by atoms with E-state index in [2.05, 4.69) is 48.1 Å². The van der Waals surface area contributed by atoms with Crippen LogP contribution >= 0.6 is 0 Å². The van der Waals surface area contributed by atoms with Gasteiger partial charge >= 0.3 is 5.97 Å². The fraction of sp³-hybridized carbons (Fsp3) is 0.286. The third-order valence-electron chi connectivity index (χ3n) is 2.88. The number of imidazole rings is 1. The molecule has 4 nitrogen and oxygen atoms in total. The highest BCUT2D eigenvalue weighted by Gasteiger charge is 2.07. The van der Waals surface area contributed by atoms with Gasteiger partial charge in [0.2, 0.25) is 0 Å². The van der Waals surface area contributed by atoms with Crippen LogP contribution in [0, 0.1) is 0 Å². The molecule has 18 heavy (non-hydrogen) atoms. The first-order valence-electron chi connectivity index (χ1n) is 5.92. The molecule has 0 fully saturated rings. The van der Waals surface area contributed by atoms with Crippen molar-refractivity contribution in [2.24, 2.45) is 0 Å². The number of aromatic amines is 1. The predicted octanol–water partition coefficient (Wildman–Crippen LogP) is 2.82. The Bertz CT molecular complexity index is 541. The van der Waals surface area contributed by atoms with Crippen molar-refractivity contribution in [3.8, 4) is 0 Å². The molecule has 0 saturated heterocycles. The zero-order chi connectivity index (χ0) is 13.1. The summed E-state index contributed by atoms with van der Waals surface area (Å²) in [4.78, 5) is 17.6. The van der Waals surface area contributed by atoms with E-state index in [-0.39, 0.29) is 5.69 Å². The number of nitrogens with one attached hydrogen (secondary N) is 1. The minimum absolute atomic E-state index is 0.129. The van der Waals surface area contributed by atoms with E-state index in [9.17, 15) is 4.79 Å². The average molecular weight is 244 g/mol. The number of carboxylic acids is 1. The van der Waals surface area contributed by atoms with Crippen molar-refractivity contribution in [1.29, 1.82) is 0 Å². The van der Waals surface area contributed by atoms with Gasteiger partial charge in [-0.05, 0) is 17.0 Å². The van der Waals surface area contributed by atoms with E-state index in [1.165, 1.54) is 11.8 Å². The average Bonchev–Trinajstić information content (AvgIpc) is 2.78. The van der Waals surface area contributed by atoms with Gasteiger partial charge in [0.25, 0.3) is 0 Å². The number of nitrogens with zero attached hydrogens (tertiary/aromatic N) is 1. The molecule has 0 aliphatic carbocycles. The third-order valence-corrected chi connectivity index (χ3v) is 2.88. The normalized spacial score (nSPS) is 10.8. The lowest BCUT2D eigenvalue weighted by molar-refractivity contribution is 0.0691. The molecule has 0 bridgehead atoms. The van der Waals surface area contributed by atoms with Crippen molar-refractivity contribution in [2.75, 3.05) is 0 Å². The first-order valence-corrected chi connectivity index (χ1v) is 5.92. The van der Waals surface area contributed by atoms with Crippen LogP contribution < -0.4 is 0 Å². The molecule has 4 heteroatoms. The Morgan fingerprint density at radius 3 is 2.50 bits per heavy atom. The second-order valence-corrected chi connectivity index (χ2v) is 4.62. The summed E-state index contributed by atoms with van der Waals surface area (Å²) in [5.41, 5.74) is 2.54. The second-order valence-electron chi connectivity index (χ2n) is 4.62. The topological polar surface area (TPSA) is 66.0 Å². The van der Waals surface area contributed by atoms with Crippen LogP contribution in [0.5, 0.6) is 0 Å². The largest absolute Gasteiger partial charge is 0.477 e. The minimum Gasteiger partial charge on any atom is -0.477 e. The van der Waals surface area contributed by atoms with E-state index in [4.69, 9.17) is 5.11 Å². The summed E-state index contributed by atoms with van der Waals surface area (Å²) in [5, 5.41) is 8.79. The number of aromatic nitrogens is 2. The first-order chi connectivity index (χ1) is 8.56. The monoisotopic (exact) mass is 244 g/mol. The molecule has 0 aliphatic rings. The van der Waals surface area contributed by atoms with Gasteiger partial charge < -0.3 is 10.1 Å². The Balaban J connectivity index is 2.10. The number of benzene rings is 1. The quantitative estimate of drug-likeness (QED) is 0.869. The van der Waals surface area contributed by atoms with Crippen molar-refractivity contribution in [1.82, 2.24) is 9.97 Å². The zero-order valence-electron chi connectivity index (χ0n) is 10.5. The van der Waals surface area contributed by atoms with Crippen LogP contribution in [0.4, 0.5) is 0 Å². The van der Waals surface area contributed by atoms with E-state index in [1.807, 2.05) is 0 Å². The zero-order valence-corrected chi connectivity index (χ0v) is 10.5. The summed E-state index contributed by atoms with van der Waals surface area (Å²) in [6.07, 6.45) is 1.96. The van der Waals surface area contributed by atoms with Crippen LogP contribution in [0.25, 0.3) is 0 Å². The van der Waals surface area contributed by atoms with Gasteiger partial charge in [-0.1, -0.05) is 38.1 Å². The number of hydrogen-bond donors (Lipinski definition) is 2. The molecule has 0 unspecified atom stereocenters. The molecule has 0 saturated carbocycles. The number of rotatable bonds is 4. The molecule has 2 rings (SSSR count). The smallest absolute Gasteiger partial charge is 0.353 e. The summed E-state index contributed by atoms with van der Waals surface area (Å²) in [6, 6.07) is 8.30. The van der Waals surface area contributed by atoms with Gasteiger partial charge in [-0.2, -0.15) is 0 Å². The molecule has 0 spiro atoms. The molecule has 2 N–H and O–H groups in total. The van der Waals surface area contributed by atoms with E-state index in [0.717, 1.165) is 5.56 Å². The van der Waals surface area contributed by atoms with Crippen LogP contribution in [0.1, 0.15) is 47.2 Å². The lowest BCUT2D eigenvalue weighted by atomic mass is 10.0. The van der Waals surface area contributed by atoms with Gasteiger partial charge in [0.15, 0.2) is 0 Å². The van der Waals surface area contributed by atoms with Crippen LogP contribution in [-0.2, 0) is 6.42 Å². The molecule has 0 amide bonds. The Hall–Kier alpha value is -2.10. The molecule has 94 valence electrons. The van der Waals surface area contributed by atoms with Crippen molar-refractivity contribution < 1.29 is 9.90 Å². The Kier molecular flexibility index (Phi) is 3.46. The number of hydrogen-bond acceptors (Lipinski definition) is 2. The first kappa shape index (κ1) is 12.4. The van der Waals surface area contributed by atoms with Crippen LogP contribution in [0.3, 0.4) is 0 Å². The lowest BCUT2D eigenvalue weighted by Crippen LogP contribution is -1.97. The molecular weight excluding hydrogens is 228 g/mol. The van der Waals surface area contributed by atoms with Gasteiger partial charge in [0, 0.05) is 6.42 Å². The summed E-state index contributed by atoms with van der Waals surface area (Å²) in [5.74, 6) is 0.204. The van der Waals surface area contributed by atoms with Crippen molar-refractivity contribution in [3.05, 3.63) is 53.1 Å². The summed E-state index contributed by atoms with van der Waals surface area (Å²) < 4.78 is 0. The fourth-order valence-corrected chi connectivity index (χ4v) is 1.77. The SMILES string of the molecule is CC(C)c1ccc(Cc2ncc(C(=O)O)[nH]2)cc1. The van der Waals surface area contributed by atoms with Gasteiger partial charge in [-0.25, -0.2) is 9.78 Å². The number of H-pyrrole nitrogens is 1. The molecule has 0 aliphatic heterocycles. The second kappa shape index (κ2) is 5.04. The maximum absolute atomic E-state index is 10.7. The molecule has 0 radical (unpaired) electrons. The third kappa shape index (κ3) is 2.77. The molecule has 1 aromatic carbocycles. The summed E-state index contributed by atoms with van der Waals surface area (Å²) in [7, 11) is 0. The van der Waals surface area contributed by atoms with E-state index >= 15 is 0 Å². The van der Waals surface area contributed by atoms with Crippen LogP contribution in [-0.4, -0.2) is 21.0 Å². The molecule has 2 aromatic rings. The van der Waals surface area contributed by atoms with Gasteiger partial charge in [-0.15, -0.1) is 0 Å². The maximum Gasteiger partial charge on any atom is 0.353 e. The Morgan fingerprint density at radius 2 is 2.00 bits per heavy atom. The van der Waals surface area contributed by atoms with Gasteiger partial charge in [0.1, 0.15) is 11.5 Å². The lowest BCUT2D eigenvalue weighted by Gasteiger charge is -2.05. The maximum atomic E-state index is 10.7. The van der Waals surface area contributed by atoms with E-state index in [1.54, 1.807) is 0 Å². The highest BCUT2D eigenvalue weighted by Crippen LogP contribution is 2.16. The fourth-order valence-electron chi connectivity index (χ4n) is 1.77. The van der Waals surface area contributed by atoms with Crippen molar-refractivity contribution in [2.45, 2.75) is 26.2 Å². The number of carboxylic acid groups (broad SMARTS) is 1. The summed E-state index contributed by atoms with van der Waals surface area (Å²) in [6.45, 7) is 4.31. The van der Waals surface area contributed by atoms with Crippen LogP contribution in [0.2, 0.25) is 0 Å². The highest BCUT2D eigenvalue weighted by atomic mass is 16.4. The number of aromatic carboxylic acids is 1. The highest BCUT2D eigenvalue weighted by molar-refractivity contribution is 5.85. The molecular formula is C14H16N2O2. The standard InChI is InChI=1S/C14H16N2O2/c1-9(2)11-5-3-10(4-6-11)7-13-15-8-12(16-13)14(17)18/h3-6,8-9H,7H2,1-2H3,(H,15,16)(H,17,18). The van der Waals surface area contributed by atoms with E-state index < -0.39 is 5.97 Å². The molecule has 1 heterocycles. The molecule has 1 aromatic heterocycles.